The first-order valence-corrected chi connectivity index (χ1v) is 12.0. The highest BCUT2D eigenvalue weighted by Crippen LogP contribution is 2.46. The molecule has 1 saturated heterocycles. The number of likely N-dealkylation sites (tertiary alicyclic amines) is 1. The molecule has 1 unspecified atom stereocenters. The Morgan fingerprint density at radius 1 is 0.973 bits per heavy atom. The van der Waals surface area contributed by atoms with Gasteiger partial charge in [0.15, 0.2) is 11.5 Å². The quantitative estimate of drug-likeness (QED) is 0.206. The fraction of sp³-hybridized carbons (Fsp3) is 0.429. The maximum absolute atomic E-state index is 13.4. The molecule has 1 aliphatic heterocycles. The van der Waals surface area contributed by atoms with E-state index in [0.717, 1.165) is 0 Å². The Hall–Kier alpha value is -3.72. The van der Waals surface area contributed by atoms with Gasteiger partial charge in [-0.1, -0.05) is 0 Å². The van der Waals surface area contributed by atoms with E-state index in [4.69, 9.17) is 23.7 Å². The van der Waals surface area contributed by atoms with Crippen LogP contribution in [0.3, 0.4) is 0 Å². The molecule has 1 aliphatic rings. The van der Waals surface area contributed by atoms with E-state index in [9.17, 15) is 14.7 Å². The number of Topliss-reactive ketones (excluding diaryl/α,β-unsaturated/α-hetero) is 1. The van der Waals surface area contributed by atoms with E-state index in [1.54, 1.807) is 44.4 Å². The van der Waals surface area contributed by atoms with Crippen LogP contribution in [0.5, 0.6) is 23.0 Å². The standard InChI is InChI=1S/C28H35NO8/c1-16(2)37-12-8-11-29-24(18-14-21(34-5)27(36-7)22(15-18)35-6)23(26(31)28(29)32)25(30)20-10-9-19(33-4)13-17(20)3/h9-10,13-16,24,30H,8,11-12H2,1-7H3/b25-23+. The number of benzene rings is 2. The van der Waals surface area contributed by atoms with E-state index in [1.165, 1.54) is 26.2 Å². The van der Waals surface area contributed by atoms with Crippen LogP contribution in [0.1, 0.15) is 43.0 Å². The predicted octanol–water partition coefficient (Wildman–Crippen LogP) is 4.27. The lowest BCUT2D eigenvalue weighted by Crippen LogP contribution is -2.31. The number of amides is 1. The molecule has 0 aliphatic carbocycles. The molecule has 0 aromatic heterocycles. The highest BCUT2D eigenvalue weighted by Gasteiger charge is 2.46. The number of aliphatic hydroxyl groups excluding tert-OH is 1. The predicted molar refractivity (Wildman–Crippen MR) is 139 cm³/mol. The first-order chi connectivity index (χ1) is 17.7. The third kappa shape index (κ3) is 5.67. The number of carbonyl (C=O) groups excluding carboxylic acids is 2. The zero-order chi connectivity index (χ0) is 27.3. The molecule has 2 aromatic carbocycles. The van der Waals surface area contributed by atoms with Crippen molar-refractivity contribution in [3.05, 3.63) is 52.6 Å². The molecule has 0 bridgehead atoms. The number of methoxy groups -OCH3 is 4. The summed E-state index contributed by atoms with van der Waals surface area (Å²) in [7, 11) is 6.02. The summed E-state index contributed by atoms with van der Waals surface area (Å²) in [5, 5.41) is 11.4. The lowest BCUT2D eigenvalue weighted by atomic mass is 9.93. The van der Waals surface area contributed by atoms with Crippen molar-refractivity contribution in [2.24, 2.45) is 0 Å². The maximum atomic E-state index is 13.4. The van der Waals surface area contributed by atoms with Crippen LogP contribution in [0.2, 0.25) is 0 Å². The van der Waals surface area contributed by atoms with Crippen molar-refractivity contribution in [1.29, 1.82) is 0 Å². The highest BCUT2D eigenvalue weighted by atomic mass is 16.5. The molecule has 1 N–H and O–H groups in total. The van der Waals surface area contributed by atoms with Crippen molar-refractivity contribution in [3.8, 4) is 23.0 Å². The molecule has 0 radical (unpaired) electrons. The van der Waals surface area contributed by atoms with Gasteiger partial charge in [-0.3, -0.25) is 9.59 Å². The summed E-state index contributed by atoms with van der Waals surface area (Å²) in [5.41, 5.74) is 1.64. The second-order valence-electron chi connectivity index (χ2n) is 8.91. The van der Waals surface area contributed by atoms with E-state index in [-0.39, 0.29) is 24.0 Å². The van der Waals surface area contributed by atoms with Crippen LogP contribution in [0.25, 0.3) is 5.76 Å². The highest BCUT2D eigenvalue weighted by molar-refractivity contribution is 6.46. The summed E-state index contributed by atoms with van der Waals surface area (Å²) in [4.78, 5) is 28.1. The first-order valence-electron chi connectivity index (χ1n) is 12.0. The Balaban J connectivity index is 2.20. The van der Waals surface area contributed by atoms with Gasteiger partial charge in [0.1, 0.15) is 11.5 Å². The molecule has 3 rings (SSSR count). The third-order valence-electron chi connectivity index (χ3n) is 6.23. The molecule has 1 fully saturated rings. The number of ketones is 1. The van der Waals surface area contributed by atoms with Gasteiger partial charge in [0.2, 0.25) is 5.75 Å². The largest absolute Gasteiger partial charge is 0.507 e. The lowest BCUT2D eigenvalue weighted by molar-refractivity contribution is -0.140. The minimum atomic E-state index is -0.880. The van der Waals surface area contributed by atoms with Crippen molar-refractivity contribution >= 4 is 17.4 Å². The lowest BCUT2D eigenvalue weighted by Gasteiger charge is -2.27. The van der Waals surface area contributed by atoms with Crippen LogP contribution in [-0.2, 0) is 14.3 Å². The summed E-state index contributed by atoms with van der Waals surface area (Å²) in [5.74, 6) is -0.00859. The van der Waals surface area contributed by atoms with Gasteiger partial charge >= 0.3 is 0 Å². The van der Waals surface area contributed by atoms with E-state index in [0.29, 0.717) is 52.7 Å². The Kier molecular flexibility index (Phi) is 9.04. The average Bonchev–Trinajstić information content (AvgIpc) is 3.14. The minimum absolute atomic E-state index is 0.0164. The summed E-state index contributed by atoms with van der Waals surface area (Å²) >= 11 is 0. The zero-order valence-electron chi connectivity index (χ0n) is 22.4. The fourth-order valence-corrected chi connectivity index (χ4v) is 4.44. The second kappa shape index (κ2) is 12.0. The SMILES string of the molecule is COc1ccc(/C(O)=C2\C(=O)C(=O)N(CCCOC(C)C)C2c2cc(OC)c(OC)c(OC)c2)c(C)c1. The molecule has 0 saturated carbocycles. The number of aryl methyl sites for hydroxylation is 1. The number of rotatable bonds is 11. The van der Waals surface area contributed by atoms with Gasteiger partial charge in [0.25, 0.3) is 11.7 Å². The fourth-order valence-electron chi connectivity index (χ4n) is 4.44. The smallest absolute Gasteiger partial charge is 0.295 e. The normalized spacial score (nSPS) is 16.9. The van der Waals surface area contributed by atoms with Gasteiger partial charge in [-0.25, -0.2) is 0 Å². The van der Waals surface area contributed by atoms with Gasteiger partial charge in [-0.15, -0.1) is 0 Å². The number of hydrogen-bond donors (Lipinski definition) is 1. The Morgan fingerprint density at radius 3 is 2.14 bits per heavy atom. The van der Waals surface area contributed by atoms with Crippen LogP contribution < -0.4 is 18.9 Å². The van der Waals surface area contributed by atoms with Gasteiger partial charge in [0.05, 0.1) is 46.2 Å². The van der Waals surface area contributed by atoms with Crippen LogP contribution in [0.15, 0.2) is 35.9 Å². The number of hydrogen-bond acceptors (Lipinski definition) is 8. The number of carbonyl (C=O) groups is 2. The summed E-state index contributed by atoms with van der Waals surface area (Å²) in [6.07, 6.45) is 0.549. The second-order valence-corrected chi connectivity index (χ2v) is 8.91. The van der Waals surface area contributed by atoms with Crippen LogP contribution in [0.4, 0.5) is 0 Å². The Labute approximate surface area is 217 Å². The molecular weight excluding hydrogens is 478 g/mol. The molecule has 1 atom stereocenters. The third-order valence-corrected chi connectivity index (χ3v) is 6.23. The molecule has 200 valence electrons. The van der Waals surface area contributed by atoms with Crippen LogP contribution in [0, 0.1) is 6.92 Å². The van der Waals surface area contributed by atoms with Crippen molar-refractivity contribution < 1.29 is 38.4 Å². The molecule has 37 heavy (non-hydrogen) atoms. The van der Waals surface area contributed by atoms with E-state index in [2.05, 4.69) is 0 Å². The van der Waals surface area contributed by atoms with Gasteiger partial charge < -0.3 is 33.7 Å². The number of nitrogens with zero attached hydrogens (tertiary/aromatic N) is 1. The van der Waals surface area contributed by atoms with Gasteiger partial charge in [-0.2, -0.15) is 0 Å². The molecular formula is C28H35NO8. The Morgan fingerprint density at radius 2 is 1.62 bits per heavy atom. The van der Waals surface area contributed by atoms with Crippen LogP contribution in [-0.4, -0.2) is 69.4 Å². The maximum Gasteiger partial charge on any atom is 0.295 e. The summed E-state index contributed by atoms with van der Waals surface area (Å²) in [6.45, 7) is 6.32. The monoisotopic (exact) mass is 513 g/mol. The topological polar surface area (TPSA) is 104 Å². The molecule has 0 spiro atoms. The summed E-state index contributed by atoms with van der Waals surface area (Å²) < 4.78 is 27.4. The molecule has 9 heteroatoms. The van der Waals surface area contributed by atoms with Gasteiger partial charge in [0, 0.05) is 18.7 Å². The van der Waals surface area contributed by atoms with Crippen molar-refractivity contribution in [1.82, 2.24) is 4.90 Å². The van der Waals surface area contributed by atoms with Crippen molar-refractivity contribution in [2.45, 2.75) is 39.3 Å². The summed E-state index contributed by atoms with van der Waals surface area (Å²) in [6, 6.07) is 7.60. The van der Waals surface area contributed by atoms with Crippen molar-refractivity contribution in [2.75, 3.05) is 41.6 Å². The van der Waals surface area contributed by atoms with Gasteiger partial charge in [-0.05, 0) is 68.7 Å². The van der Waals surface area contributed by atoms with E-state index in [1.807, 2.05) is 13.8 Å². The van der Waals surface area contributed by atoms with Crippen LogP contribution >= 0.6 is 0 Å². The molecule has 1 amide bonds. The average molecular weight is 514 g/mol. The number of ether oxygens (including phenoxy) is 5. The minimum Gasteiger partial charge on any atom is -0.507 e. The molecule has 1 heterocycles. The molecule has 2 aromatic rings. The first kappa shape index (κ1) is 27.9. The Bertz CT molecular complexity index is 1160. The van der Waals surface area contributed by atoms with E-state index >= 15 is 0 Å². The van der Waals surface area contributed by atoms with E-state index < -0.39 is 17.7 Å². The zero-order valence-corrected chi connectivity index (χ0v) is 22.4. The van der Waals surface area contributed by atoms with Crippen molar-refractivity contribution in [3.63, 3.8) is 0 Å². The molecule has 9 nitrogen and oxygen atoms in total. The number of aliphatic hydroxyl groups is 1.